The number of nitrogens with zero attached hydrogens (tertiary/aromatic N) is 1. The molecule has 0 bridgehead atoms. The third kappa shape index (κ3) is 1.07. The summed E-state index contributed by atoms with van der Waals surface area (Å²) < 4.78 is 0. The van der Waals surface area contributed by atoms with Crippen molar-refractivity contribution in [1.29, 1.82) is 0 Å². The van der Waals surface area contributed by atoms with Crippen LogP contribution in [-0.4, -0.2) is 10.7 Å². The first-order valence-corrected chi connectivity index (χ1v) is 4.94. The topological polar surface area (TPSA) is 28.1 Å². The number of aliphatic imine (C=N–C) groups is 1. The van der Waals surface area contributed by atoms with Crippen molar-refractivity contribution >= 4 is 5.71 Å². The van der Waals surface area contributed by atoms with Crippen LogP contribution in [0.3, 0.4) is 0 Å². The van der Waals surface area contributed by atoms with Gasteiger partial charge in [-0.15, -0.1) is 0 Å². The average molecular weight is 188 g/mol. The fourth-order valence-electron chi connectivity index (χ4n) is 2.03. The summed E-state index contributed by atoms with van der Waals surface area (Å²) in [6.45, 7) is 8.54. The SMILES string of the molecule is CC1=NC(C)(c2ccc[nH]2)C(C)=C1C. The van der Waals surface area contributed by atoms with Crippen LogP contribution in [0.1, 0.15) is 33.4 Å². The van der Waals surface area contributed by atoms with Crippen molar-refractivity contribution in [3.63, 3.8) is 0 Å². The molecule has 14 heavy (non-hydrogen) atoms. The summed E-state index contributed by atoms with van der Waals surface area (Å²) in [5.41, 5.74) is 4.82. The van der Waals surface area contributed by atoms with Crippen molar-refractivity contribution in [2.24, 2.45) is 4.99 Å². The van der Waals surface area contributed by atoms with E-state index in [0.29, 0.717) is 0 Å². The fraction of sp³-hybridized carbons (Fsp3) is 0.417. The summed E-state index contributed by atoms with van der Waals surface area (Å²) in [6.07, 6.45) is 1.95. The highest BCUT2D eigenvalue weighted by Crippen LogP contribution is 2.39. The molecule has 1 N–H and O–H groups in total. The van der Waals surface area contributed by atoms with Crippen LogP contribution in [0.2, 0.25) is 0 Å². The van der Waals surface area contributed by atoms with Crippen molar-refractivity contribution in [3.8, 4) is 0 Å². The van der Waals surface area contributed by atoms with Gasteiger partial charge >= 0.3 is 0 Å². The predicted molar refractivity (Wildman–Crippen MR) is 59.6 cm³/mol. The average Bonchev–Trinajstić information content (AvgIpc) is 2.73. The van der Waals surface area contributed by atoms with Gasteiger partial charge in [-0.3, -0.25) is 4.99 Å². The van der Waals surface area contributed by atoms with Gasteiger partial charge in [-0.25, -0.2) is 0 Å². The summed E-state index contributed by atoms with van der Waals surface area (Å²) in [5, 5.41) is 0. The summed E-state index contributed by atoms with van der Waals surface area (Å²) in [4.78, 5) is 7.99. The molecule has 74 valence electrons. The Kier molecular flexibility index (Phi) is 1.88. The molecule has 2 rings (SSSR count). The van der Waals surface area contributed by atoms with E-state index >= 15 is 0 Å². The first-order valence-electron chi connectivity index (χ1n) is 4.94. The van der Waals surface area contributed by atoms with Gasteiger partial charge in [0, 0.05) is 17.6 Å². The number of hydrogen-bond acceptors (Lipinski definition) is 1. The van der Waals surface area contributed by atoms with E-state index in [-0.39, 0.29) is 5.54 Å². The molecule has 0 aliphatic carbocycles. The molecule has 0 spiro atoms. The van der Waals surface area contributed by atoms with Gasteiger partial charge < -0.3 is 4.98 Å². The molecule has 0 aromatic carbocycles. The van der Waals surface area contributed by atoms with Gasteiger partial charge in [-0.1, -0.05) is 0 Å². The summed E-state index contributed by atoms with van der Waals surface area (Å²) in [7, 11) is 0. The van der Waals surface area contributed by atoms with E-state index in [1.165, 1.54) is 16.8 Å². The zero-order valence-electron chi connectivity index (χ0n) is 9.18. The lowest BCUT2D eigenvalue weighted by molar-refractivity contribution is 0.585. The quantitative estimate of drug-likeness (QED) is 0.701. The van der Waals surface area contributed by atoms with E-state index in [1.54, 1.807) is 0 Å². The zero-order chi connectivity index (χ0) is 10.3. The monoisotopic (exact) mass is 188 g/mol. The predicted octanol–water partition coefficient (Wildman–Crippen LogP) is 3.04. The second-order valence-electron chi connectivity index (χ2n) is 4.10. The molecule has 0 amide bonds. The smallest absolute Gasteiger partial charge is 0.119 e. The highest BCUT2D eigenvalue weighted by molar-refractivity contribution is 6.01. The van der Waals surface area contributed by atoms with Crippen LogP contribution < -0.4 is 0 Å². The summed E-state index contributed by atoms with van der Waals surface area (Å²) in [5.74, 6) is 0. The number of hydrogen-bond donors (Lipinski definition) is 1. The highest BCUT2D eigenvalue weighted by atomic mass is 14.9. The number of aromatic amines is 1. The molecule has 0 saturated carbocycles. The second kappa shape index (κ2) is 2.84. The minimum atomic E-state index is -0.169. The molecule has 1 unspecified atom stereocenters. The lowest BCUT2D eigenvalue weighted by Gasteiger charge is -2.22. The van der Waals surface area contributed by atoms with E-state index in [9.17, 15) is 0 Å². The van der Waals surface area contributed by atoms with Crippen molar-refractivity contribution in [2.75, 3.05) is 0 Å². The van der Waals surface area contributed by atoms with Crippen LogP contribution in [-0.2, 0) is 5.54 Å². The molecule has 0 radical (unpaired) electrons. The van der Waals surface area contributed by atoms with E-state index < -0.39 is 0 Å². The van der Waals surface area contributed by atoms with E-state index in [1.807, 2.05) is 12.3 Å². The largest absolute Gasteiger partial charge is 0.363 e. The molecule has 1 aliphatic rings. The second-order valence-corrected chi connectivity index (χ2v) is 4.10. The summed E-state index contributed by atoms with van der Waals surface area (Å²) >= 11 is 0. The fourth-order valence-corrected chi connectivity index (χ4v) is 2.03. The molecular weight excluding hydrogens is 172 g/mol. The number of allylic oxidation sites excluding steroid dienone is 1. The molecule has 0 saturated heterocycles. The molecule has 2 heteroatoms. The Balaban J connectivity index is 2.56. The number of aromatic nitrogens is 1. The minimum absolute atomic E-state index is 0.169. The van der Waals surface area contributed by atoms with Gasteiger partial charge in [0.05, 0.1) is 0 Å². The van der Waals surface area contributed by atoms with Crippen LogP contribution in [0.4, 0.5) is 0 Å². The van der Waals surface area contributed by atoms with Crippen LogP contribution in [0.15, 0.2) is 34.5 Å². The third-order valence-corrected chi connectivity index (χ3v) is 3.35. The van der Waals surface area contributed by atoms with Gasteiger partial charge in [0.1, 0.15) is 5.54 Å². The van der Waals surface area contributed by atoms with Crippen molar-refractivity contribution in [2.45, 2.75) is 33.2 Å². The maximum atomic E-state index is 4.74. The minimum Gasteiger partial charge on any atom is -0.363 e. The molecule has 2 heterocycles. The molecular formula is C12H16N2. The third-order valence-electron chi connectivity index (χ3n) is 3.35. The van der Waals surface area contributed by atoms with Crippen LogP contribution >= 0.6 is 0 Å². The van der Waals surface area contributed by atoms with Crippen molar-refractivity contribution in [3.05, 3.63) is 35.2 Å². The molecule has 1 aromatic heterocycles. The first-order chi connectivity index (χ1) is 6.55. The summed E-state index contributed by atoms with van der Waals surface area (Å²) in [6, 6.07) is 4.12. The van der Waals surface area contributed by atoms with Crippen LogP contribution in [0.5, 0.6) is 0 Å². The van der Waals surface area contributed by atoms with Crippen LogP contribution in [0, 0.1) is 0 Å². The Hall–Kier alpha value is -1.31. The molecule has 0 fully saturated rings. The lowest BCUT2D eigenvalue weighted by atomic mass is 9.89. The number of rotatable bonds is 1. The van der Waals surface area contributed by atoms with Gasteiger partial charge in [0.15, 0.2) is 0 Å². The van der Waals surface area contributed by atoms with Gasteiger partial charge in [-0.05, 0) is 51.0 Å². The van der Waals surface area contributed by atoms with Crippen molar-refractivity contribution < 1.29 is 0 Å². The Morgan fingerprint density at radius 2 is 2.00 bits per heavy atom. The molecule has 1 aromatic rings. The first kappa shape index (κ1) is 9.25. The van der Waals surface area contributed by atoms with Gasteiger partial charge in [0.25, 0.3) is 0 Å². The Bertz CT molecular complexity index is 410. The molecule has 2 nitrogen and oxygen atoms in total. The molecule has 1 aliphatic heterocycles. The Morgan fingerprint density at radius 1 is 1.29 bits per heavy atom. The number of H-pyrrole nitrogens is 1. The standard InChI is InChI=1S/C12H16N2/c1-8-9(2)12(4,14-10(8)3)11-6-5-7-13-11/h5-7,13H,1-4H3. The Labute approximate surface area is 84.8 Å². The highest BCUT2D eigenvalue weighted by Gasteiger charge is 2.34. The zero-order valence-corrected chi connectivity index (χ0v) is 9.18. The maximum Gasteiger partial charge on any atom is 0.119 e. The lowest BCUT2D eigenvalue weighted by Crippen LogP contribution is -2.18. The normalized spacial score (nSPS) is 27.0. The van der Waals surface area contributed by atoms with E-state index in [2.05, 4.69) is 38.7 Å². The van der Waals surface area contributed by atoms with E-state index in [4.69, 9.17) is 4.99 Å². The molecule has 1 atom stereocenters. The van der Waals surface area contributed by atoms with Crippen molar-refractivity contribution in [1.82, 2.24) is 4.98 Å². The maximum absolute atomic E-state index is 4.74. The van der Waals surface area contributed by atoms with Crippen LogP contribution in [0.25, 0.3) is 0 Å². The van der Waals surface area contributed by atoms with Gasteiger partial charge in [-0.2, -0.15) is 0 Å². The Morgan fingerprint density at radius 3 is 2.43 bits per heavy atom. The van der Waals surface area contributed by atoms with E-state index in [0.717, 1.165) is 5.71 Å². The number of nitrogens with one attached hydrogen (secondary N) is 1. The van der Waals surface area contributed by atoms with Gasteiger partial charge in [0.2, 0.25) is 0 Å².